The van der Waals surface area contributed by atoms with Crippen LogP contribution in [0.3, 0.4) is 0 Å². The highest BCUT2D eigenvalue weighted by atomic mass is 35.5. The fourth-order valence-electron chi connectivity index (χ4n) is 4.93. The predicted molar refractivity (Wildman–Crippen MR) is 152 cm³/mol. The Labute approximate surface area is 246 Å². The van der Waals surface area contributed by atoms with E-state index in [2.05, 4.69) is 31.2 Å². The molecule has 12 nitrogen and oxygen atoms in total. The standard InChI is InChI=1S/C29H29ClN6O6/c1-3-28(26(38)39,14-18-8-6-5-7-9-18)41-16-20-29(40,4-2)22(37)25(42-20)36-17-33-21-23(34-27(30)35-24(21)36)32-15-19-10-12-31-13-11-19/h2,5-13,17,20,22,25,37,40H,3,14-16H2,1H3,(H,38,39)(H,32,34,35)/t20-,22+,25-,28?,29-/m1/s1. The number of fused-ring (bicyclic) bond motifs is 1. The van der Waals surface area contributed by atoms with E-state index in [1.807, 2.05) is 18.2 Å². The van der Waals surface area contributed by atoms with Gasteiger partial charge in [-0.2, -0.15) is 9.97 Å². The third-order valence-electron chi connectivity index (χ3n) is 7.43. The number of aliphatic hydroxyl groups excluding tert-OH is 1. The van der Waals surface area contributed by atoms with Crippen molar-refractivity contribution in [3.8, 4) is 12.3 Å². The Kier molecular flexibility index (Phi) is 8.40. The van der Waals surface area contributed by atoms with Crippen LogP contribution in [0.1, 0.15) is 30.7 Å². The van der Waals surface area contributed by atoms with Crippen LogP contribution in [0.15, 0.2) is 61.2 Å². The molecule has 0 amide bonds. The van der Waals surface area contributed by atoms with E-state index < -0.39 is 42.2 Å². The Balaban J connectivity index is 1.40. The highest BCUT2D eigenvalue weighted by Gasteiger charge is 2.56. The summed E-state index contributed by atoms with van der Waals surface area (Å²) in [4.78, 5) is 29.3. The number of pyridine rings is 1. The molecule has 4 aromatic rings. The van der Waals surface area contributed by atoms with Crippen molar-refractivity contribution >= 4 is 34.6 Å². The molecule has 42 heavy (non-hydrogen) atoms. The van der Waals surface area contributed by atoms with Gasteiger partial charge in [-0.25, -0.2) is 9.78 Å². The van der Waals surface area contributed by atoms with Crippen LogP contribution in [0.2, 0.25) is 5.28 Å². The van der Waals surface area contributed by atoms with Crippen molar-refractivity contribution in [1.82, 2.24) is 24.5 Å². The lowest BCUT2D eigenvalue weighted by molar-refractivity contribution is -0.176. The number of halogens is 1. The maximum absolute atomic E-state index is 12.4. The van der Waals surface area contributed by atoms with Gasteiger partial charge in [-0.15, -0.1) is 6.42 Å². The number of nitrogens with zero attached hydrogens (tertiary/aromatic N) is 5. The zero-order valence-corrected chi connectivity index (χ0v) is 23.3. The van der Waals surface area contributed by atoms with E-state index in [1.54, 1.807) is 43.6 Å². The number of aliphatic carboxylic acids is 1. The van der Waals surface area contributed by atoms with Crippen LogP contribution < -0.4 is 5.32 Å². The molecule has 1 aliphatic rings. The number of carboxylic acids is 1. The first-order chi connectivity index (χ1) is 20.2. The largest absolute Gasteiger partial charge is 0.479 e. The minimum Gasteiger partial charge on any atom is -0.479 e. The third kappa shape index (κ3) is 5.53. The molecule has 4 heterocycles. The van der Waals surface area contributed by atoms with Crippen LogP contribution in [0.5, 0.6) is 0 Å². The number of hydrogen-bond acceptors (Lipinski definition) is 10. The van der Waals surface area contributed by atoms with Crippen molar-refractivity contribution in [2.24, 2.45) is 0 Å². The minimum atomic E-state index is -2.22. The van der Waals surface area contributed by atoms with Crippen LogP contribution in [-0.4, -0.2) is 75.8 Å². The molecule has 3 aromatic heterocycles. The first-order valence-electron chi connectivity index (χ1n) is 13.2. The molecule has 1 fully saturated rings. The summed E-state index contributed by atoms with van der Waals surface area (Å²) in [6.45, 7) is 1.68. The normalized spacial score (nSPS) is 23.4. The molecule has 218 valence electrons. The lowest BCUT2D eigenvalue weighted by Gasteiger charge is -2.32. The summed E-state index contributed by atoms with van der Waals surface area (Å²) in [6, 6.07) is 12.7. The maximum Gasteiger partial charge on any atom is 0.336 e. The van der Waals surface area contributed by atoms with Gasteiger partial charge < -0.3 is 30.1 Å². The van der Waals surface area contributed by atoms with Gasteiger partial charge in [0.1, 0.15) is 12.2 Å². The summed E-state index contributed by atoms with van der Waals surface area (Å²) in [5, 5.41) is 35.7. The smallest absolute Gasteiger partial charge is 0.336 e. The van der Waals surface area contributed by atoms with Crippen molar-refractivity contribution in [2.45, 2.75) is 55.9 Å². The van der Waals surface area contributed by atoms with Crippen molar-refractivity contribution in [2.75, 3.05) is 11.9 Å². The molecule has 5 atom stereocenters. The zero-order valence-electron chi connectivity index (χ0n) is 22.6. The summed E-state index contributed by atoms with van der Waals surface area (Å²) < 4.78 is 13.4. The van der Waals surface area contributed by atoms with Gasteiger partial charge in [0.05, 0.1) is 12.9 Å². The summed E-state index contributed by atoms with van der Waals surface area (Å²) in [6.07, 6.45) is 6.39. The monoisotopic (exact) mass is 592 g/mol. The molecule has 13 heteroatoms. The van der Waals surface area contributed by atoms with Crippen molar-refractivity contribution < 1.29 is 29.6 Å². The average molecular weight is 593 g/mol. The molecule has 5 rings (SSSR count). The second kappa shape index (κ2) is 12.0. The Morgan fingerprint density at radius 3 is 2.64 bits per heavy atom. The van der Waals surface area contributed by atoms with Crippen LogP contribution >= 0.6 is 11.6 Å². The van der Waals surface area contributed by atoms with E-state index in [0.717, 1.165) is 11.1 Å². The van der Waals surface area contributed by atoms with Crippen molar-refractivity contribution in [3.05, 3.63) is 77.6 Å². The number of carbonyl (C=O) groups is 1. The molecule has 0 bridgehead atoms. The number of hydrogen-bond donors (Lipinski definition) is 4. The Morgan fingerprint density at radius 2 is 1.98 bits per heavy atom. The Bertz CT molecular complexity index is 1600. The number of aromatic nitrogens is 5. The van der Waals surface area contributed by atoms with E-state index in [0.29, 0.717) is 17.9 Å². The molecular weight excluding hydrogens is 564 g/mol. The predicted octanol–water partition coefficient (Wildman–Crippen LogP) is 2.60. The number of anilines is 1. The van der Waals surface area contributed by atoms with Crippen LogP contribution in [0.25, 0.3) is 11.2 Å². The van der Waals surface area contributed by atoms with Crippen LogP contribution in [-0.2, 0) is 27.2 Å². The topological polar surface area (TPSA) is 165 Å². The van der Waals surface area contributed by atoms with E-state index in [9.17, 15) is 20.1 Å². The minimum absolute atomic E-state index is 0.0731. The van der Waals surface area contributed by atoms with Gasteiger partial charge in [0, 0.05) is 25.4 Å². The van der Waals surface area contributed by atoms with E-state index in [4.69, 9.17) is 27.5 Å². The average Bonchev–Trinajstić information content (AvgIpc) is 3.53. The summed E-state index contributed by atoms with van der Waals surface area (Å²) in [7, 11) is 0. The van der Waals surface area contributed by atoms with Crippen LogP contribution in [0, 0.1) is 12.3 Å². The Hall–Kier alpha value is -4.12. The molecule has 0 saturated carbocycles. The number of carboxylic acid groups (broad SMARTS) is 1. The van der Waals surface area contributed by atoms with E-state index in [1.165, 1.54) is 10.9 Å². The zero-order chi connectivity index (χ0) is 29.9. The molecule has 0 aliphatic carbocycles. The van der Waals surface area contributed by atoms with Crippen molar-refractivity contribution in [3.63, 3.8) is 0 Å². The summed E-state index contributed by atoms with van der Waals surface area (Å²) >= 11 is 6.23. The Morgan fingerprint density at radius 1 is 1.24 bits per heavy atom. The number of benzene rings is 1. The van der Waals surface area contributed by atoms with E-state index >= 15 is 0 Å². The first-order valence-corrected chi connectivity index (χ1v) is 13.6. The van der Waals surface area contributed by atoms with Gasteiger partial charge in [-0.05, 0) is 41.3 Å². The van der Waals surface area contributed by atoms with Crippen LogP contribution in [0.4, 0.5) is 5.82 Å². The fourth-order valence-corrected chi connectivity index (χ4v) is 5.09. The summed E-state index contributed by atoms with van der Waals surface area (Å²) in [5.41, 5.74) is -1.58. The second-order valence-electron chi connectivity index (χ2n) is 9.93. The maximum atomic E-state index is 12.4. The SMILES string of the molecule is C#C[C@@]1(O)[C@@H](COC(CC)(Cc2ccccc2)C(=O)O)O[C@@H](n2cnc3c(NCc4ccncc4)nc(Cl)nc32)[C@@H]1O. The third-order valence-corrected chi connectivity index (χ3v) is 7.60. The van der Waals surface area contributed by atoms with Gasteiger partial charge in [0.2, 0.25) is 5.28 Å². The lowest BCUT2D eigenvalue weighted by Crippen LogP contribution is -2.51. The highest BCUT2D eigenvalue weighted by Crippen LogP contribution is 2.40. The fraction of sp³-hybridized carbons (Fsp3) is 0.345. The second-order valence-corrected chi connectivity index (χ2v) is 10.3. The number of ether oxygens (including phenoxy) is 2. The number of imidazole rings is 1. The molecule has 0 radical (unpaired) electrons. The number of aliphatic hydroxyl groups is 2. The van der Waals surface area contributed by atoms with Gasteiger partial charge in [0.15, 0.2) is 34.4 Å². The quantitative estimate of drug-likeness (QED) is 0.149. The highest BCUT2D eigenvalue weighted by molar-refractivity contribution is 6.28. The van der Waals surface area contributed by atoms with Gasteiger partial charge >= 0.3 is 5.97 Å². The summed E-state index contributed by atoms with van der Waals surface area (Å²) in [5.74, 6) is 1.39. The number of terminal acetylenes is 1. The number of rotatable bonds is 11. The molecule has 1 aliphatic heterocycles. The molecule has 0 spiro atoms. The molecule has 1 saturated heterocycles. The molecule has 1 aromatic carbocycles. The first kappa shape index (κ1) is 29.4. The molecule has 1 unspecified atom stereocenters. The molecular formula is C29H29ClN6O6. The number of nitrogens with one attached hydrogen (secondary N) is 1. The van der Waals surface area contributed by atoms with Crippen molar-refractivity contribution in [1.29, 1.82) is 0 Å². The lowest BCUT2D eigenvalue weighted by atomic mass is 9.90. The van der Waals surface area contributed by atoms with Gasteiger partial charge in [0.25, 0.3) is 0 Å². The van der Waals surface area contributed by atoms with E-state index in [-0.39, 0.29) is 23.8 Å². The van der Waals surface area contributed by atoms with Gasteiger partial charge in [-0.1, -0.05) is 43.2 Å². The molecule has 4 N–H and O–H groups in total. The van der Waals surface area contributed by atoms with Gasteiger partial charge in [-0.3, -0.25) is 9.55 Å².